The van der Waals surface area contributed by atoms with E-state index in [1.165, 1.54) is 0 Å². The molecule has 2 rings (SSSR count). The molecule has 0 atom stereocenters. The lowest BCUT2D eigenvalue weighted by Gasteiger charge is -1.99. The SMILES string of the molecule is Clc1cccc(Cc2cccnn2)c1. The van der Waals surface area contributed by atoms with Gasteiger partial charge >= 0.3 is 0 Å². The lowest BCUT2D eigenvalue weighted by Crippen LogP contribution is -1.92. The number of halogens is 1. The molecule has 0 unspecified atom stereocenters. The third kappa shape index (κ3) is 2.30. The van der Waals surface area contributed by atoms with Crippen molar-refractivity contribution >= 4 is 11.6 Å². The zero-order valence-corrected chi connectivity index (χ0v) is 8.28. The minimum atomic E-state index is 0.756. The first-order chi connectivity index (χ1) is 6.84. The van der Waals surface area contributed by atoms with Gasteiger partial charge in [-0.3, -0.25) is 0 Å². The molecule has 1 aromatic heterocycles. The second kappa shape index (κ2) is 4.20. The van der Waals surface area contributed by atoms with Gasteiger partial charge in [-0.15, -0.1) is 0 Å². The van der Waals surface area contributed by atoms with Crippen LogP contribution in [0.4, 0.5) is 0 Å². The van der Waals surface area contributed by atoms with Crippen molar-refractivity contribution in [2.24, 2.45) is 0 Å². The fourth-order valence-corrected chi connectivity index (χ4v) is 1.50. The maximum atomic E-state index is 5.88. The van der Waals surface area contributed by atoms with Gasteiger partial charge in [0, 0.05) is 17.6 Å². The molecule has 70 valence electrons. The largest absolute Gasteiger partial charge is 0.159 e. The molecular weight excluding hydrogens is 196 g/mol. The summed E-state index contributed by atoms with van der Waals surface area (Å²) in [5.74, 6) is 0. The lowest BCUT2D eigenvalue weighted by atomic mass is 10.1. The molecule has 0 fully saturated rings. The summed E-state index contributed by atoms with van der Waals surface area (Å²) in [5.41, 5.74) is 2.10. The molecule has 14 heavy (non-hydrogen) atoms. The molecule has 1 aromatic carbocycles. The van der Waals surface area contributed by atoms with Crippen molar-refractivity contribution in [2.45, 2.75) is 6.42 Å². The van der Waals surface area contributed by atoms with Gasteiger partial charge in [0.1, 0.15) is 0 Å². The first-order valence-electron chi connectivity index (χ1n) is 4.35. The van der Waals surface area contributed by atoms with Crippen molar-refractivity contribution in [2.75, 3.05) is 0 Å². The van der Waals surface area contributed by atoms with E-state index in [0.717, 1.165) is 22.7 Å². The van der Waals surface area contributed by atoms with Crippen molar-refractivity contribution in [3.63, 3.8) is 0 Å². The fraction of sp³-hybridized carbons (Fsp3) is 0.0909. The average molecular weight is 205 g/mol. The minimum absolute atomic E-state index is 0.756. The molecule has 0 N–H and O–H groups in total. The molecule has 1 heterocycles. The number of aromatic nitrogens is 2. The molecule has 0 amide bonds. The highest BCUT2D eigenvalue weighted by atomic mass is 35.5. The Morgan fingerprint density at radius 1 is 1.14 bits per heavy atom. The summed E-state index contributed by atoms with van der Waals surface area (Å²) in [4.78, 5) is 0. The summed E-state index contributed by atoms with van der Waals surface area (Å²) in [5, 5.41) is 8.59. The molecule has 0 aliphatic carbocycles. The fourth-order valence-electron chi connectivity index (χ4n) is 1.28. The number of hydrogen-bond acceptors (Lipinski definition) is 2. The Morgan fingerprint density at radius 3 is 2.79 bits per heavy atom. The van der Waals surface area contributed by atoms with Gasteiger partial charge in [-0.1, -0.05) is 23.7 Å². The Balaban J connectivity index is 2.19. The zero-order chi connectivity index (χ0) is 9.80. The second-order valence-corrected chi connectivity index (χ2v) is 3.46. The van der Waals surface area contributed by atoms with Gasteiger partial charge in [0.15, 0.2) is 0 Å². The van der Waals surface area contributed by atoms with Crippen molar-refractivity contribution in [3.05, 3.63) is 58.9 Å². The van der Waals surface area contributed by atoms with E-state index in [9.17, 15) is 0 Å². The van der Waals surface area contributed by atoms with Gasteiger partial charge in [-0.05, 0) is 29.8 Å². The van der Waals surface area contributed by atoms with Crippen LogP contribution in [0.25, 0.3) is 0 Å². The van der Waals surface area contributed by atoms with Crippen LogP contribution in [-0.2, 0) is 6.42 Å². The van der Waals surface area contributed by atoms with E-state index in [1.54, 1.807) is 6.20 Å². The van der Waals surface area contributed by atoms with Crippen LogP contribution in [0.2, 0.25) is 5.02 Å². The van der Waals surface area contributed by atoms with Gasteiger partial charge in [-0.2, -0.15) is 10.2 Å². The van der Waals surface area contributed by atoms with Gasteiger partial charge in [0.05, 0.1) is 5.69 Å². The van der Waals surface area contributed by atoms with E-state index in [4.69, 9.17) is 11.6 Å². The van der Waals surface area contributed by atoms with Crippen LogP contribution in [-0.4, -0.2) is 10.2 Å². The third-order valence-corrected chi connectivity index (χ3v) is 2.14. The summed E-state index contributed by atoms with van der Waals surface area (Å²) < 4.78 is 0. The predicted molar refractivity (Wildman–Crippen MR) is 56.3 cm³/mol. The van der Waals surface area contributed by atoms with Crippen LogP contribution in [0.15, 0.2) is 42.6 Å². The average Bonchev–Trinajstić information content (AvgIpc) is 2.19. The number of nitrogens with zero attached hydrogens (tertiary/aromatic N) is 2. The summed E-state index contributed by atoms with van der Waals surface area (Å²) in [7, 11) is 0. The van der Waals surface area contributed by atoms with Crippen LogP contribution in [0.3, 0.4) is 0 Å². The Labute approximate surface area is 87.6 Å². The van der Waals surface area contributed by atoms with Crippen LogP contribution >= 0.6 is 11.6 Å². The number of hydrogen-bond donors (Lipinski definition) is 0. The minimum Gasteiger partial charge on any atom is -0.159 e. The Kier molecular flexibility index (Phi) is 2.75. The van der Waals surface area contributed by atoms with Crippen LogP contribution in [0, 0.1) is 0 Å². The highest BCUT2D eigenvalue weighted by Crippen LogP contribution is 2.13. The number of rotatable bonds is 2. The molecule has 0 saturated heterocycles. The second-order valence-electron chi connectivity index (χ2n) is 3.02. The molecule has 2 nitrogen and oxygen atoms in total. The van der Waals surface area contributed by atoms with E-state index in [1.807, 2.05) is 36.4 Å². The quantitative estimate of drug-likeness (QED) is 0.752. The molecule has 0 aliphatic heterocycles. The molecule has 3 heteroatoms. The van der Waals surface area contributed by atoms with Gasteiger partial charge in [0.2, 0.25) is 0 Å². The van der Waals surface area contributed by atoms with Gasteiger partial charge in [-0.25, -0.2) is 0 Å². The molecular formula is C11H9ClN2. The van der Waals surface area contributed by atoms with Gasteiger partial charge < -0.3 is 0 Å². The molecule has 0 bridgehead atoms. The summed E-state index contributed by atoms with van der Waals surface area (Å²) in [6.07, 6.45) is 2.44. The van der Waals surface area contributed by atoms with Crippen molar-refractivity contribution in [3.8, 4) is 0 Å². The predicted octanol–water partition coefficient (Wildman–Crippen LogP) is 2.72. The maximum Gasteiger partial charge on any atom is 0.0674 e. The van der Waals surface area contributed by atoms with E-state index in [2.05, 4.69) is 10.2 Å². The first-order valence-corrected chi connectivity index (χ1v) is 4.73. The molecule has 0 radical (unpaired) electrons. The van der Waals surface area contributed by atoms with E-state index < -0.39 is 0 Å². The highest BCUT2D eigenvalue weighted by Gasteiger charge is 1.97. The van der Waals surface area contributed by atoms with E-state index >= 15 is 0 Å². The van der Waals surface area contributed by atoms with Crippen molar-refractivity contribution in [1.82, 2.24) is 10.2 Å². The number of benzene rings is 1. The molecule has 2 aromatic rings. The third-order valence-electron chi connectivity index (χ3n) is 1.90. The summed E-state index contributed by atoms with van der Waals surface area (Å²) in [6.45, 7) is 0. The summed E-state index contributed by atoms with van der Waals surface area (Å²) in [6, 6.07) is 11.6. The van der Waals surface area contributed by atoms with Crippen molar-refractivity contribution in [1.29, 1.82) is 0 Å². The lowest BCUT2D eigenvalue weighted by molar-refractivity contribution is 0.937. The molecule has 0 saturated carbocycles. The van der Waals surface area contributed by atoms with Crippen LogP contribution < -0.4 is 0 Å². The Hall–Kier alpha value is -1.41. The van der Waals surface area contributed by atoms with Crippen LogP contribution in [0.5, 0.6) is 0 Å². The highest BCUT2D eigenvalue weighted by molar-refractivity contribution is 6.30. The smallest absolute Gasteiger partial charge is 0.0674 e. The topological polar surface area (TPSA) is 25.8 Å². The standard InChI is InChI=1S/C11H9ClN2/c12-10-4-1-3-9(7-10)8-11-5-2-6-13-14-11/h1-7H,8H2. The van der Waals surface area contributed by atoms with E-state index in [0.29, 0.717) is 0 Å². The van der Waals surface area contributed by atoms with Crippen LogP contribution in [0.1, 0.15) is 11.3 Å². The summed E-state index contributed by atoms with van der Waals surface area (Å²) >= 11 is 5.88. The normalized spacial score (nSPS) is 10.1. The molecule has 0 spiro atoms. The first kappa shape index (κ1) is 9.16. The Bertz CT molecular complexity index is 415. The van der Waals surface area contributed by atoms with Crippen molar-refractivity contribution < 1.29 is 0 Å². The maximum absolute atomic E-state index is 5.88. The zero-order valence-electron chi connectivity index (χ0n) is 7.52. The monoisotopic (exact) mass is 204 g/mol. The molecule has 0 aliphatic rings. The van der Waals surface area contributed by atoms with E-state index in [-0.39, 0.29) is 0 Å². The Morgan fingerprint density at radius 2 is 2.07 bits per heavy atom. The van der Waals surface area contributed by atoms with Gasteiger partial charge in [0.25, 0.3) is 0 Å².